The summed E-state index contributed by atoms with van der Waals surface area (Å²) in [5.41, 5.74) is 9.68. The van der Waals surface area contributed by atoms with E-state index in [1.807, 2.05) is 53.1 Å². The van der Waals surface area contributed by atoms with E-state index in [1.165, 1.54) is 0 Å². The normalized spacial score (nSPS) is 11.3. The molecule has 0 bridgehead atoms. The molecule has 0 atom stereocenters. The third kappa shape index (κ3) is 1.84. The van der Waals surface area contributed by atoms with Gasteiger partial charge in [0.05, 0.1) is 22.2 Å². The average molecular weight is 295 g/mol. The smallest absolute Gasteiger partial charge is 0.205 e. The molecule has 0 radical (unpaired) electrons. The molecule has 0 aliphatic heterocycles. The first kappa shape index (κ1) is 12.2. The number of hydrogen-bond donors (Lipinski definition) is 1. The van der Waals surface area contributed by atoms with E-state index < -0.39 is 0 Å². The lowest BCUT2D eigenvalue weighted by atomic mass is 10.1. The van der Waals surface area contributed by atoms with Crippen molar-refractivity contribution < 1.29 is 0 Å². The van der Waals surface area contributed by atoms with Gasteiger partial charge in [0, 0.05) is 16.6 Å². The molecule has 102 valence electrons. The fraction of sp³-hybridized carbons (Fsp3) is 0. The van der Waals surface area contributed by atoms with E-state index in [9.17, 15) is 0 Å². The Hall–Kier alpha value is -2.59. The average Bonchev–Trinajstić information content (AvgIpc) is 2.82. The zero-order chi connectivity index (χ0) is 14.4. The largest absolute Gasteiger partial charge is 0.369 e. The maximum atomic E-state index is 6.11. The molecule has 21 heavy (non-hydrogen) atoms. The molecule has 2 aromatic heterocycles. The number of nitrogens with two attached hydrogens (primary N) is 1. The molecule has 0 spiro atoms. The van der Waals surface area contributed by atoms with Crippen LogP contribution in [-0.2, 0) is 0 Å². The summed E-state index contributed by atoms with van der Waals surface area (Å²) in [6.45, 7) is 0. The highest BCUT2D eigenvalue weighted by molar-refractivity contribution is 6.31. The van der Waals surface area contributed by atoms with Crippen LogP contribution in [0.15, 0.2) is 54.7 Å². The highest BCUT2D eigenvalue weighted by Crippen LogP contribution is 2.29. The number of fused-ring (bicyclic) bond motifs is 2. The Morgan fingerprint density at radius 3 is 2.81 bits per heavy atom. The van der Waals surface area contributed by atoms with E-state index in [0.717, 1.165) is 27.6 Å². The van der Waals surface area contributed by atoms with Gasteiger partial charge in [0.2, 0.25) is 5.95 Å². The van der Waals surface area contributed by atoms with Gasteiger partial charge < -0.3 is 5.73 Å². The number of halogens is 1. The second kappa shape index (κ2) is 4.46. The summed E-state index contributed by atoms with van der Waals surface area (Å²) in [5.74, 6) is 0.434. The molecule has 0 aliphatic rings. The number of anilines is 1. The van der Waals surface area contributed by atoms with Crippen molar-refractivity contribution in [2.24, 2.45) is 0 Å². The summed E-state index contributed by atoms with van der Waals surface area (Å²) < 4.78 is 1.91. The highest BCUT2D eigenvalue weighted by Gasteiger charge is 2.12. The number of imidazole rings is 1. The quantitative estimate of drug-likeness (QED) is 0.581. The Kier molecular flexibility index (Phi) is 2.59. The minimum absolute atomic E-state index is 0.434. The van der Waals surface area contributed by atoms with Gasteiger partial charge in [-0.15, -0.1) is 0 Å². The molecule has 0 amide bonds. The second-order valence-electron chi connectivity index (χ2n) is 4.79. The van der Waals surface area contributed by atoms with Crippen molar-refractivity contribution in [3.05, 3.63) is 59.8 Å². The van der Waals surface area contributed by atoms with E-state index in [1.54, 1.807) is 6.20 Å². The molecule has 4 nitrogen and oxygen atoms in total. The zero-order valence-electron chi connectivity index (χ0n) is 11.0. The fourth-order valence-electron chi connectivity index (χ4n) is 2.60. The lowest BCUT2D eigenvalue weighted by Crippen LogP contribution is -2.01. The first-order chi connectivity index (χ1) is 10.2. The van der Waals surface area contributed by atoms with Gasteiger partial charge in [-0.25, -0.2) is 4.98 Å². The van der Waals surface area contributed by atoms with Gasteiger partial charge in [-0.2, -0.15) is 0 Å². The van der Waals surface area contributed by atoms with Crippen LogP contribution < -0.4 is 5.73 Å². The number of pyridine rings is 1. The minimum atomic E-state index is 0.434. The number of rotatable bonds is 1. The monoisotopic (exact) mass is 294 g/mol. The van der Waals surface area contributed by atoms with Crippen LogP contribution in [0.1, 0.15) is 0 Å². The molecular weight excluding hydrogens is 284 g/mol. The molecule has 0 saturated carbocycles. The zero-order valence-corrected chi connectivity index (χ0v) is 11.7. The molecule has 0 fully saturated rings. The lowest BCUT2D eigenvalue weighted by molar-refractivity contribution is 1.12. The van der Waals surface area contributed by atoms with Gasteiger partial charge in [0.25, 0.3) is 0 Å². The predicted molar refractivity (Wildman–Crippen MR) is 85.8 cm³/mol. The van der Waals surface area contributed by atoms with Gasteiger partial charge >= 0.3 is 0 Å². The standard InChI is InChI=1S/C16H11ClN4/c17-10-6-7-13-15(9-10)21(16(18)20-13)14-5-1-4-12-11(14)3-2-8-19-12/h1-9H,(H2,18,20). The Morgan fingerprint density at radius 2 is 1.90 bits per heavy atom. The molecule has 0 aliphatic carbocycles. The van der Waals surface area contributed by atoms with Crippen LogP contribution in [0, 0.1) is 0 Å². The Labute approximate surface area is 125 Å². The van der Waals surface area contributed by atoms with Gasteiger partial charge in [-0.1, -0.05) is 17.7 Å². The van der Waals surface area contributed by atoms with Crippen molar-refractivity contribution >= 4 is 39.5 Å². The SMILES string of the molecule is Nc1nc2ccc(Cl)cc2n1-c1cccc2ncccc12. The Bertz CT molecular complexity index is 969. The van der Waals surface area contributed by atoms with Gasteiger partial charge in [-0.05, 0) is 42.5 Å². The maximum absolute atomic E-state index is 6.11. The second-order valence-corrected chi connectivity index (χ2v) is 5.22. The van der Waals surface area contributed by atoms with Crippen LogP contribution in [-0.4, -0.2) is 14.5 Å². The van der Waals surface area contributed by atoms with Gasteiger partial charge in [0.15, 0.2) is 0 Å². The summed E-state index contributed by atoms with van der Waals surface area (Å²) in [5, 5.41) is 1.67. The van der Waals surface area contributed by atoms with Crippen LogP contribution in [0.5, 0.6) is 0 Å². The van der Waals surface area contributed by atoms with E-state index in [-0.39, 0.29) is 0 Å². The first-order valence-electron chi connectivity index (χ1n) is 6.51. The van der Waals surface area contributed by atoms with Crippen LogP contribution in [0.2, 0.25) is 5.02 Å². The minimum Gasteiger partial charge on any atom is -0.369 e. The summed E-state index contributed by atoms with van der Waals surface area (Å²) in [6, 6.07) is 15.4. The van der Waals surface area contributed by atoms with Crippen molar-refractivity contribution in [3.63, 3.8) is 0 Å². The molecule has 0 unspecified atom stereocenters. The molecular formula is C16H11ClN4. The van der Waals surface area contributed by atoms with Crippen molar-refractivity contribution in [1.29, 1.82) is 0 Å². The van der Waals surface area contributed by atoms with Crippen molar-refractivity contribution in [2.75, 3.05) is 5.73 Å². The summed E-state index contributed by atoms with van der Waals surface area (Å²) in [6.07, 6.45) is 1.78. The van der Waals surface area contributed by atoms with E-state index in [0.29, 0.717) is 11.0 Å². The first-order valence-corrected chi connectivity index (χ1v) is 6.89. The van der Waals surface area contributed by atoms with Crippen molar-refractivity contribution in [3.8, 4) is 5.69 Å². The van der Waals surface area contributed by atoms with Crippen molar-refractivity contribution in [2.45, 2.75) is 0 Å². The molecule has 0 saturated heterocycles. The number of benzene rings is 2. The Balaban J connectivity index is 2.14. The number of aromatic nitrogens is 3. The van der Waals surface area contributed by atoms with Crippen LogP contribution in [0.3, 0.4) is 0 Å². The topological polar surface area (TPSA) is 56.7 Å². The van der Waals surface area contributed by atoms with E-state index >= 15 is 0 Å². The molecule has 2 N–H and O–H groups in total. The summed E-state index contributed by atoms with van der Waals surface area (Å²) in [7, 11) is 0. The fourth-order valence-corrected chi connectivity index (χ4v) is 2.77. The van der Waals surface area contributed by atoms with Gasteiger partial charge in [-0.3, -0.25) is 9.55 Å². The maximum Gasteiger partial charge on any atom is 0.205 e. The Morgan fingerprint density at radius 1 is 1.00 bits per heavy atom. The highest BCUT2D eigenvalue weighted by atomic mass is 35.5. The van der Waals surface area contributed by atoms with Crippen LogP contribution in [0.4, 0.5) is 5.95 Å². The predicted octanol–water partition coefficient (Wildman–Crippen LogP) is 3.81. The molecule has 4 rings (SSSR count). The van der Waals surface area contributed by atoms with E-state index in [2.05, 4.69) is 9.97 Å². The lowest BCUT2D eigenvalue weighted by Gasteiger charge is -2.09. The molecule has 2 heterocycles. The van der Waals surface area contributed by atoms with Gasteiger partial charge in [0.1, 0.15) is 0 Å². The van der Waals surface area contributed by atoms with Crippen LogP contribution in [0.25, 0.3) is 27.6 Å². The number of nitrogen functional groups attached to an aromatic ring is 1. The number of hydrogen-bond acceptors (Lipinski definition) is 3. The molecule has 5 heteroatoms. The van der Waals surface area contributed by atoms with Crippen LogP contribution >= 0.6 is 11.6 Å². The molecule has 2 aromatic carbocycles. The third-order valence-electron chi connectivity index (χ3n) is 3.51. The third-order valence-corrected chi connectivity index (χ3v) is 3.74. The van der Waals surface area contributed by atoms with E-state index in [4.69, 9.17) is 17.3 Å². The number of nitrogens with zero attached hydrogens (tertiary/aromatic N) is 3. The summed E-state index contributed by atoms with van der Waals surface area (Å²) >= 11 is 6.11. The van der Waals surface area contributed by atoms with Crippen molar-refractivity contribution in [1.82, 2.24) is 14.5 Å². The summed E-state index contributed by atoms with van der Waals surface area (Å²) in [4.78, 5) is 8.78. The molecule has 4 aromatic rings.